The number of aryl methyl sites for hydroxylation is 1. The topological polar surface area (TPSA) is 52.9 Å². The van der Waals surface area contributed by atoms with E-state index in [0.717, 1.165) is 35.0 Å². The van der Waals surface area contributed by atoms with Crippen LogP contribution >= 0.6 is 27.3 Å². The molecule has 1 saturated carbocycles. The molecule has 0 unspecified atom stereocenters. The molecule has 1 N–H and O–H groups in total. The minimum atomic E-state index is -0.673. The van der Waals surface area contributed by atoms with Gasteiger partial charge in [0.1, 0.15) is 5.54 Å². The smallest absolute Gasteiger partial charge is 0.262 e. The standard InChI is InChI=1S/C14H17BrN2OS/c1-9-3-5-14(8-16,6-4-9)17-13(18)11-7-10(2)12(15)19-11/h7,9H,3-6H2,1-2H3,(H,17,18). The van der Waals surface area contributed by atoms with Crippen molar-refractivity contribution >= 4 is 33.2 Å². The Bertz CT molecular complexity index is 505. The molecule has 5 heteroatoms. The molecule has 1 aliphatic carbocycles. The largest absolute Gasteiger partial charge is 0.333 e. The third kappa shape index (κ3) is 3.18. The Balaban J connectivity index is 2.11. The molecular weight excluding hydrogens is 324 g/mol. The summed E-state index contributed by atoms with van der Waals surface area (Å²) in [6.45, 7) is 4.16. The van der Waals surface area contributed by atoms with Crippen LogP contribution in [-0.2, 0) is 0 Å². The molecule has 2 rings (SSSR count). The molecule has 19 heavy (non-hydrogen) atoms. The molecule has 1 aliphatic rings. The molecule has 1 amide bonds. The highest BCUT2D eigenvalue weighted by Crippen LogP contribution is 2.33. The lowest BCUT2D eigenvalue weighted by Crippen LogP contribution is -2.49. The maximum absolute atomic E-state index is 12.3. The molecule has 102 valence electrons. The Kier molecular flexibility index (Phi) is 4.32. The summed E-state index contributed by atoms with van der Waals surface area (Å²) in [5, 5.41) is 12.4. The normalized spacial score (nSPS) is 26.7. The lowest BCUT2D eigenvalue weighted by atomic mass is 9.78. The number of nitrogens with zero attached hydrogens (tertiary/aromatic N) is 1. The molecule has 0 saturated heterocycles. The van der Waals surface area contributed by atoms with E-state index in [4.69, 9.17) is 0 Å². The number of thiophene rings is 1. The fourth-order valence-corrected chi connectivity index (χ4v) is 3.80. The maximum atomic E-state index is 12.3. The summed E-state index contributed by atoms with van der Waals surface area (Å²) >= 11 is 4.84. The second kappa shape index (κ2) is 5.64. The van der Waals surface area contributed by atoms with Crippen molar-refractivity contribution in [3.63, 3.8) is 0 Å². The highest BCUT2D eigenvalue weighted by atomic mass is 79.9. The number of nitrogens with one attached hydrogen (secondary N) is 1. The van der Waals surface area contributed by atoms with Crippen LogP contribution in [0.1, 0.15) is 47.8 Å². The number of nitriles is 1. The van der Waals surface area contributed by atoms with Gasteiger partial charge in [0.05, 0.1) is 14.7 Å². The summed E-state index contributed by atoms with van der Waals surface area (Å²) in [5.74, 6) is 0.520. The number of carbonyl (C=O) groups is 1. The fraction of sp³-hybridized carbons (Fsp3) is 0.571. The second-order valence-corrected chi connectivity index (χ2v) is 7.77. The second-order valence-electron chi connectivity index (χ2n) is 5.40. The Morgan fingerprint density at radius 2 is 2.21 bits per heavy atom. The maximum Gasteiger partial charge on any atom is 0.262 e. The van der Waals surface area contributed by atoms with Crippen molar-refractivity contribution < 1.29 is 4.79 Å². The third-order valence-electron chi connectivity index (χ3n) is 3.78. The van der Waals surface area contributed by atoms with Crippen LogP contribution in [0, 0.1) is 24.2 Å². The predicted molar refractivity (Wildman–Crippen MR) is 80.2 cm³/mol. The fourth-order valence-electron chi connectivity index (χ4n) is 2.37. The lowest BCUT2D eigenvalue weighted by molar-refractivity contribution is 0.0898. The Labute approximate surface area is 126 Å². The number of carbonyl (C=O) groups excluding carboxylic acids is 1. The van der Waals surface area contributed by atoms with Gasteiger partial charge in [0.25, 0.3) is 5.91 Å². The Hall–Kier alpha value is -0.860. The number of halogens is 1. The van der Waals surface area contributed by atoms with Crippen LogP contribution in [0.25, 0.3) is 0 Å². The van der Waals surface area contributed by atoms with E-state index in [0.29, 0.717) is 10.8 Å². The number of hydrogen-bond acceptors (Lipinski definition) is 3. The monoisotopic (exact) mass is 340 g/mol. The highest BCUT2D eigenvalue weighted by Gasteiger charge is 2.36. The van der Waals surface area contributed by atoms with Crippen LogP contribution < -0.4 is 5.32 Å². The van der Waals surface area contributed by atoms with E-state index in [2.05, 4.69) is 34.2 Å². The summed E-state index contributed by atoms with van der Waals surface area (Å²) in [4.78, 5) is 12.9. The van der Waals surface area contributed by atoms with Gasteiger partial charge in [-0.05, 0) is 66.1 Å². The van der Waals surface area contributed by atoms with E-state index in [9.17, 15) is 10.1 Å². The highest BCUT2D eigenvalue weighted by molar-refractivity contribution is 9.11. The van der Waals surface area contributed by atoms with Gasteiger partial charge in [0.2, 0.25) is 0 Å². The van der Waals surface area contributed by atoms with E-state index in [1.807, 2.05) is 13.0 Å². The van der Waals surface area contributed by atoms with Gasteiger partial charge in [-0.25, -0.2) is 0 Å². The molecule has 0 aromatic carbocycles. The van der Waals surface area contributed by atoms with Gasteiger partial charge in [-0.3, -0.25) is 4.79 Å². The SMILES string of the molecule is Cc1cc(C(=O)NC2(C#N)CCC(C)CC2)sc1Br. The minimum absolute atomic E-state index is 0.130. The quantitative estimate of drug-likeness (QED) is 0.883. The molecule has 0 atom stereocenters. The summed E-state index contributed by atoms with van der Waals surface area (Å²) in [6, 6.07) is 4.18. The van der Waals surface area contributed by atoms with E-state index >= 15 is 0 Å². The number of amides is 1. The van der Waals surface area contributed by atoms with E-state index < -0.39 is 5.54 Å². The first-order valence-electron chi connectivity index (χ1n) is 6.45. The van der Waals surface area contributed by atoms with Gasteiger partial charge in [0, 0.05) is 0 Å². The molecular formula is C14H17BrN2OS. The summed E-state index contributed by atoms with van der Waals surface area (Å²) in [6.07, 6.45) is 3.51. The summed E-state index contributed by atoms with van der Waals surface area (Å²) in [5.41, 5.74) is 0.381. The zero-order valence-electron chi connectivity index (χ0n) is 11.1. The van der Waals surface area contributed by atoms with Gasteiger partial charge in [-0.15, -0.1) is 11.3 Å². The number of hydrogen-bond donors (Lipinski definition) is 1. The van der Waals surface area contributed by atoms with Crippen LogP contribution in [0.4, 0.5) is 0 Å². The first-order chi connectivity index (χ1) is 8.96. The third-order valence-corrected chi connectivity index (χ3v) is 5.91. The van der Waals surface area contributed by atoms with Gasteiger partial charge >= 0.3 is 0 Å². The number of rotatable bonds is 2. The van der Waals surface area contributed by atoms with Crippen molar-refractivity contribution in [3.05, 3.63) is 20.3 Å². The zero-order chi connectivity index (χ0) is 14.0. The average molecular weight is 341 g/mol. The summed E-state index contributed by atoms with van der Waals surface area (Å²) in [7, 11) is 0. The van der Waals surface area contributed by atoms with E-state index in [1.165, 1.54) is 11.3 Å². The van der Waals surface area contributed by atoms with Gasteiger partial charge in [0.15, 0.2) is 0 Å². The minimum Gasteiger partial charge on any atom is -0.333 e. The molecule has 3 nitrogen and oxygen atoms in total. The van der Waals surface area contributed by atoms with Gasteiger partial charge in [-0.2, -0.15) is 5.26 Å². The Morgan fingerprint density at radius 1 is 1.58 bits per heavy atom. The zero-order valence-corrected chi connectivity index (χ0v) is 13.5. The molecule has 0 aliphatic heterocycles. The summed E-state index contributed by atoms with van der Waals surface area (Å²) < 4.78 is 0.973. The average Bonchev–Trinajstić information content (AvgIpc) is 2.73. The first kappa shape index (κ1) is 14.5. The molecule has 0 spiro atoms. The lowest BCUT2D eigenvalue weighted by Gasteiger charge is -2.34. The molecule has 0 bridgehead atoms. The van der Waals surface area contributed by atoms with Gasteiger partial charge < -0.3 is 5.32 Å². The Morgan fingerprint density at radius 3 is 2.68 bits per heavy atom. The van der Waals surface area contributed by atoms with Crippen LogP contribution in [0.5, 0.6) is 0 Å². The van der Waals surface area contributed by atoms with E-state index in [1.54, 1.807) is 0 Å². The molecule has 0 radical (unpaired) electrons. The van der Waals surface area contributed by atoms with Gasteiger partial charge in [-0.1, -0.05) is 6.92 Å². The predicted octanol–water partition coefficient (Wildman–Crippen LogP) is 4.02. The first-order valence-corrected chi connectivity index (χ1v) is 8.06. The van der Waals surface area contributed by atoms with Crippen molar-refractivity contribution in [3.8, 4) is 6.07 Å². The van der Waals surface area contributed by atoms with Crippen LogP contribution in [-0.4, -0.2) is 11.4 Å². The van der Waals surface area contributed by atoms with Crippen LogP contribution in [0.15, 0.2) is 9.85 Å². The van der Waals surface area contributed by atoms with Crippen molar-refractivity contribution in [2.45, 2.75) is 45.1 Å². The molecule has 1 fully saturated rings. The van der Waals surface area contributed by atoms with Crippen molar-refractivity contribution in [1.29, 1.82) is 5.26 Å². The van der Waals surface area contributed by atoms with Crippen molar-refractivity contribution in [1.82, 2.24) is 5.32 Å². The van der Waals surface area contributed by atoms with Crippen molar-refractivity contribution in [2.75, 3.05) is 0 Å². The van der Waals surface area contributed by atoms with Crippen LogP contribution in [0.2, 0.25) is 0 Å². The van der Waals surface area contributed by atoms with Crippen LogP contribution in [0.3, 0.4) is 0 Å². The van der Waals surface area contributed by atoms with Crippen molar-refractivity contribution in [2.24, 2.45) is 5.92 Å². The molecule has 1 heterocycles. The van der Waals surface area contributed by atoms with E-state index in [-0.39, 0.29) is 5.91 Å². The molecule has 1 aromatic rings. The molecule has 1 aromatic heterocycles.